The van der Waals surface area contributed by atoms with E-state index in [0.717, 1.165) is 18.5 Å². The van der Waals surface area contributed by atoms with Crippen LogP contribution in [0, 0.1) is 12.7 Å². The van der Waals surface area contributed by atoms with E-state index in [1.54, 1.807) is 26.1 Å². The van der Waals surface area contributed by atoms with Crippen LogP contribution in [0.5, 0.6) is 0 Å². The quantitative estimate of drug-likeness (QED) is 0.717. The lowest BCUT2D eigenvalue weighted by Crippen LogP contribution is -2.31. The normalized spacial score (nSPS) is 14.2. The third-order valence-electron chi connectivity index (χ3n) is 5.33. The zero-order valence-electron chi connectivity index (χ0n) is 17.2. The molecule has 0 unspecified atom stereocenters. The Balaban J connectivity index is 1.50. The number of benzene rings is 2. The first-order valence-corrected chi connectivity index (χ1v) is 9.77. The Morgan fingerprint density at radius 3 is 2.60 bits per heavy atom. The van der Waals surface area contributed by atoms with E-state index >= 15 is 0 Å². The van der Waals surface area contributed by atoms with Crippen LogP contribution in [0.25, 0.3) is 5.57 Å². The number of anilines is 2. The fourth-order valence-electron chi connectivity index (χ4n) is 3.54. The number of aryl methyl sites for hydroxylation is 2. The molecule has 0 atom stereocenters. The summed E-state index contributed by atoms with van der Waals surface area (Å²) in [5, 5.41) is 15.1. The molecule has 4 rings (SSSR count). The van der Waals surface area contributed by atoms with Crippen molar-refractivity contribution in [2.75, 3.05) is 23.3 Å². The van der Waals surface area contributed by atoms with Gasteiger partial charge in [0, 0.05) is 18.8 Å². The highest BCUT2D eigenvalue weighted by atomic mass is 19.1. The van der Waals surface area contributed by atoms with Crippen molar-refractivity contribution in [2.45, 2.75) is 20.3 Å². The number of carbonyl (C=O) groups is 1. The lowest BCUT2D eigenvalue weighted by atomic mass is 9.95. The van der Waals surface area contributed by atoms with Gasteiger partial charge in [0.25, 0.3) is 11.9 Å². The van der Waals surface area contributed by atoms with Crippen LogP contribution in [0.2, 0.25) is 0 Å². The largest absolute Gasteiger partial charge is 0.334 e. The number of carbonyl (C=O) groups excluding carboxylic acids is 1. The molecule has 1 aliphatic rings. The van der Waals surface area contributed by atoms with Crippen molar-refractivity contribution in [1.29, 1.82) is 0 Å². The van der Waals surface area contributed by atoms with E-state index in [9.17, 15) is 9.18 Å². The molecule has 1 amide bonds. The smallest absolute Gasteiger partial charge is 0.266 e. The van der Waals surface area contributed by atoms with Crippen LogP contribution in [0.4, 0.5) is 16.0 Å². The molecule has 1 N–H and O–H groups in total. The molecular weight excluding hydrogens is 383 g/mol. The second-order valence-corrected chi connectivity index (χ2v) is 7.48. The minimum Gasteiger partial charge on any atom is -0.334 e. The molecule has 0 bridgehead atoms. The molecule has 30 heavy (non-hydrogen) atoms. The summed E-state index contributed by atoms with van der Waals surface area (Å²) in [6.07, 6.45) is 0.915. The first-order chi connectivity index (χ1) is 14.4. The lowest BCUT2D eigenvalue weighted by Gasteiger charge is -2.29. The minimum absolute atomic E-state index is 0.0389. The van der Waals surface area contributed by atoms with Gasteiger partial charge < -0.3 is 10.2 Å². The average molecular weight is 406 g/mol. The van der Waals surface area contributed by atoms with E-state index < -0.39 is 11.7 Å². The van der Waals surface area contributed by atoms with Crippen molar-refractivity contribution < 1.29 is 9.18 Å². The van der Waals surface area contributed by atoms with Crippen molar-refractivity contribution in [3.63, 3.8) is 0 Å². The van der Waals surface area contributed by atoms with Crippen molar-refractivity contribution in [2.24, 2.45) is 7.05 Å². The van der Waals surface area contributed by atoms with Crippen LogP contribution >= 0.6 is 0 Å². The average Bonchev–Trinajstić information content (AvgIpc) is 3.17. The highest BCUT2D eigenvalue weighted by Crippen LogP contribution is 2.29. The Morgan fingerprint density at radius 2 is 1.90 bits per heavy atom. The van der Waals surface area contributed by atoms with Crippen LogP contribution in [-0.2, 0) is 7.05 Å². The number of hydrogen-bond donors (Lipinski definition) is 1. The van der Waals surface area contributed by atoms with Gasteiger partial charge in [-0.05, 0) is 60.4 Å². The van der Waals surface area contributed by atoms with Gasteiger partial charge in [-0.25, -0.2) is 4.39 Å². The molecule has 0 aliphatic carbocycles. The van der Waals surface area contributed by atoms with E-state index in [2.05, 4.69) is 32.6 Å². The van der Waals surface area contributed by atoms with Gasteiger partial charge in [0.15, 0.2) is 0 Å². The number of hydrogen-bond acceptors (Lipinski definition) is 5. The second-order valence-electron chi connectivity index (χ2n) is 7.48. The fourth-order valence-corrected chi connectivity index (χ4v) is 3.54. The molecule has 0 fully saturated rings. The zero-order valence-corrected chi connectivity index (χ0v) is 17.2. The molecule has 2 aromatic carbocycles. The maximum atomic E-state index is 14.2. The molecular formula is C22H23FN6O. The predicted octanol–water partition coefficient (Wildman–Crippen LogP) is 3.59. The number of nitrogens with zero attached hydrogens (tertiary/aromatic N) is 5. The number of aromatic nitrogens is 4. The molecule has 3 aromatic rings. The Hall–Kier alpha value is -3.55. The van der Waals surface area contributed by atoms with E-state index in [1.807, 2.05) is 24.3 Å². The summed E-state index contributed by atoms with van der Waals surface area (Å²) in [5.74, 6) is -0.337. The zero-order chi connectivity index (χ0) is 21.3. The monoisotopic (exact) mass is 406 g/mol. The van der Waals surface area contributed by atoms with Crippen LogP contribution < -0.4 is 10.2 Å². The third-order valence-corrected chi connectivity index (χ3v) is 5.33. The second kappa shape index (κ2) is 8.06. The minimum atomic E-state index is -0.493. The van der Waals surface area contributed by atoms with E-state index in [-0.39, 0.29) is 5.56 Å². The molecule has 0 saturated heterocycles. The number of rotatable bonds is 4. The standard InChI is InChI=1S/C22H23FN6O/c1-14-11-12-29(22-25-27-28(3)26-22)13-19(14)16-7-9-17(10-8-16)24-21(30)18-6-4-5-15(2)20(18)23/h4-10H,11-13H2,1-3H3,(H,24,30). The Bertz CT molecular complexity index is 1120. The maximum Gasteiger partial charge on any atom is 0.266 e. The fraction of sp³-hybridized carbons (Fsp3) is 0.273. The first-order valence-electron chi connectivity index (χ1n) is 9.77. The molecule has 0 radical (unpaired) electrons. The van der Waals surface area contributed by atoms with Crippen LogP contribution in [0.1, 0.15) is 34.8 Å². The molecule has 0 saturated carbocycles. The molecule has 8 heteroatoms. The summed E-state index contributed by atoms with van der Waals surface area (Å²) < 4.78 is 14.2. The van der Waals surface area contributed by atoms with Gasteiger partial charge in [0.2, 0.25) is 0 Å². The summed E-state index contributed by atoms with van der Waals surface area (Å²) in [7, 11) is 1.75. The Labute approximate surface area is 174 Å². The van der Waals surface area contributed by atoms with Gasteiger partial charge in [-0.3, -0.25) is 4.79 Å². The molecule has 2 heterocycles. The molecule has 0 spiro atoms. The summed E-state index contributed by atoms with van der Waals surface area (Å²) in [4.78, 5) is 16.0. The highest BCUT2D eigenvalue weighted by Gasteiger charge is 2.21. The van der Waals surface area contributed by atoms with Crippen LogP contribution in [0.3, 0.4) is 0 Å². The maximum absolute atomic E-state index is 14.2. The van der Waals surface area contributed by atoms with E-state index in [1.165, 1.54) is 22.0 Å². The predicted molar refractivity (Wildman–Crippen MR) is 114 cm³/mol. The van der Waals surface area contributed by atoms with Gasteiger partial charge in [0.05, 0.1) is 12.6 Å². The highest BCUT2D eigenvalue weighted by molar-refractivity contribution is 6.04. The number of halogens is 1. The van der Waals surface area contributed by atoms with Gasteiger partial charge in [0.1, 0.15) is 5.82 Å². The molecule has 1 aliphatic heterocycles. The van der Waals surface area contributed by atoms with Crippen molar-refractivity contribution in [3.8, 4) is 0 Å². The number of amides is 1. The van der Waals surface area contributed by atoms with Crippen LogP contribution in [-0.4, -0.2) is 39.2 Å². The topological polar surface area (TPSA) is 75.9 Å². The lowest BCUT2D eigenvalue weighted by molar-refractivity contribution is 0.102. The Kier molecular flexibility index (Phi) is 5.31. The summed E-state index contributed by atoms with van der Waals surface area (Å²) >= 11 is 0. The Morgan fingerprint density at radius 1 is 1.13 bits per heavy atom. The molecule has 154 valence electrons. The number of nitrogens with one attached hydrogen (secondary N) is 1. The summed E-state index contributed by atoms with van der Waals surface area (Å²) in [6, 6.07) is 12.4. The van der Waals surface area contributed by atoms with Gasteiger partial charge in [-0.1, -0.05) is 34.9 Å². The molecule has 1 aromatic heterocycles. The first kappa shape index (κ1) is 19.8. The summed E-state index contributed by atoms with van der Waals surface area (Å²) in [6.45, 7) is 5.31. The third kappa shape index (κ3) is 3.94. The van der Waals surface area contributed by atoms with E-state index in [0.29, 0.717) is 23.7 Å². The van der Waals surface area contributed by atoms with Gasteiger partial charge in [-0.2, -0.15) is 4.80 Å². The molecule has 7 nitrogen and oxygen atoms in total. The summed E-state index contributed by atoms with van der Waals surface area (Å²) in [5.41, 5.74) is 4.69. The van der Waals surface area contributed by atoms with Gasteiger partial charge in [-0.15, -0.1) is 5.10 Å². The van der Waals surface area contributed by atoms with Gasteiger partial charge >= 0.3 is 0 Å². The van der Waals surface area contributed by atoms with Crippen molar-refractivity contribution >= 4 is 23.1 Å². The van der Waals surface area contributed by atoms with Crippen molar-refractivity contribution in [1.82, 2.24) is 20.2 Å². The SMILES string of the molecule is CC1=C(c2ccc(NC(=O)c3cccc(C)c3F)cc2)CN(c2nnn(C)n2)CC1. The number of tetrazole rings is 1. The van der Waals surface area contributed by atoms with Crippen LogP contribution in [0.15, 0.2) is 48.0 Å². The van der Waals surface area contributed by atoms with Crippen molar-refractivity contribution in [3.05, 3.63) is 70.5 Å². The van der Waals surface area contributed by atoms with E-state index in [4.69, 9.17) is 0 Å².